The third kappa shape index (κ3) is 3.04. The zero-order chi connectivity index (χ0) is 13.7. The predicted octanol–water partition coefficient (Wildman–Crippen LogP) is 2.52. The number of aldehydes is 1. The third-order valence-electron chi connectivity index (χ3n) is 2.93. The van der Waals surface area contributed by atoms with Gasteiger partial charge in [0.2, 0.25) is 0 Å². The SMILES string of the molecule is COC(=O)Cc1c(C)c(C=O)cc(NSC)c1C. The normalized spacial score (nSPS) is 10.0. The van der Waals surface area contributed by atoms with Crippen molar-refractivity contribution in [2.75, 3.05) is 18.1 Å². The van der Waals surface area contributed by atoms with Crippen LogP contribution in [0.3, 0.4) is 0 Å². The van der Waals surface area contributed by atoms with Crippen molar-refractivity contribution in [3.05, 3.63) is 28.3 Å². The Morgan fingerprint density at radius 3 is 2.61 bits per heavy atom. The number of carbonyl (C=O) groups excluding carboxylic acids is 2. The summed E-state index contributed by atoms with van der Waals surface area (Å²) in [6.45, 7) is 3.77. The van der Waals surface area contributed by atoms with Gasteiger partial charge in [-0.1, -0.05) is 11.9 Å². The molecule has 0 aliphatic rings. The van der Waals surface area contributed by atoms with Gasteiger partial charge in [-0.2, -0.15) is 0 Å². The van der Waals surface area contributed by atoms with E-state index >= 15 is 0 Å². The lowest BCUT2D eigenvalue weighted by atomic mass is 9.94. The quantitative estimate of drug-likeness (QED) is 0.505. The van der Waals surface area contributed by atoms with Crippen molar-refractivity contribution in [3.63, 3.8) is 0 Å². The molecular formula is C13H17NO3S. The van der Waals surface area contributed by atoms with Gasteiger partial charge in [-0.3, -0.25) is 9.59 Å². The van der Waals surface area contributed by atoms with E-state index in [1.807, 2.05) is 20.1 Å². The molecule has 0 atom stereocenters. The van der Waals surface area contributed by atoms with Gasteiger partial charge in [0.05, 0.1) is 13.5 Å². The van der Waals surface area contributed by atoms with Crippen molar-refractivity contribution in [3.8, 4) is 0 Å². The van der Waals surface area contributed by atoms with Gasteiger partial charge in [0.1, 0.15) is 6.29 Å². The number of rotatable bonds is 5. The molecule has 1 N–H and O–H groups in total. The summed E-state index contributed by atoms with van der Waals surface area (Å²) in [6.07, 6.45) is 2.89. The number of methoxy groups -OCH3 is 1. The topological polar surface area (TPSA) is 55.4 Å². The first-order valence-corrected chi connectivity index (χ1v) is 6.71. The number of ether oxygens (including phenoxy) is 1. The number of nitrogens with one attached hydrogen (secondary N) is 1. The van der Waals surface area contributed by atoms with Crippen LogP contribution >= 0.6 is 11.9 Å². The zero-order valence-corrected chi connectivity index (χ0v) is 11.8. The number of esters is 1. The Balaban J connectivity index is 3.32. The van der Waals surface area contributed by atoms with E-state index in [4.69, 9.17) is 0 Å². The minimum atomic E-state index is -0.306. The number of carbonyl (C=O) groups is 2. The summed E-state index contributed by atoms with van der Waals surface area (Å²) in [6, 6.07) is 1.80. The Morgan fingerprint density at radius 1 is 1.44 bits per heavy atom. The van der Waals surface area contributed by atoms with E-state index < -0.39 is 0 Å². The van der Waals surface area contributed by atoms with E-state index in [1.54, 1.807) is 6.07 Å². The van der Waals surface area contributed by atoms with Gasteiger partial charge in [0, 0.05) is 17.5 Å². The van der Waals surface area contributed by atoms with Crippen molar-refractivity contribution < 1.29 is 14.3 Å². The smallest absolute Gasteiger partial charge is 0.309 e. The van der Waals surface area contributed by atoms with Gasteiger partial charge in [0.15, 0.2) is 0 Å². The predicted molar refractivity (Wildman–Crippen MR) is 74.2 cm³/mol. The van der Waals surface area contributed by atoms with Gasteiger partial charge >= 0.3 is 5.97 Å². The van der Waals surface area contributed by atoms with E-state index in [0.717, 1.165) is 28.7 Å². The van der Waals surface area contributed by atoms with Crippen LogP contribution in [0.2, 0.25) is 0 Å². The standard InChI is InChI=1S/C13H17NO3S/c1-8-10(7-15)5-12(14-18-4)9(2)11(8)6-13(16)17-3/h5,7,14H,6H2,1-4H3. The largest absolute Gasteiger partial charge is 0.469 e. The van der Waals surface area contributed by atoms with Gasteiger partial charge in [-0.05, 0) is 36.6 Å². The summed E-state index contributed by atoms with van der Waals surface area (Å²) < 4.78 is 7.80. The monoisotopic (exact) mass is 267 g/mol. The minimum Gasteiger partial charge on any atom is -0.469 e. The summed E-state index contributed by atoms with van der Waals surface area (Å²) >= 11 is 1.45. The Labute approximate surface area is 111 Å². The number of anilines is 1. The first-order chi connectivity index (χ1) is 8.54. The van der Waals surface area contributed by atoms with Crippen LogP contribution in [-0.2, 0) is 16.0 Å². The molecule has 0 heterocycles. The molecule has 0 unspecified atom stereocenters. The molecule has 0 aliphatic heterocycles. The highest BCUT2D eigenvalue weighted by Gasteiger charge is 2.15. The molecule has 0 saturated heterocycles. The summed E-state index contributed by atoms with van der Waals surface area (Å²) in [5, 5.41) is 0. The van der Waals surface area contributed by atoms with Crippen LogP contribution in [0.15, 0.2) is 6.07 Å². The fourth-order valence-corrected chi connectivity index (χ4v) is 2.24. The average Bonchev–Trinajstić information content (AvgIpc) is 2.37. The number of benzene rings is 1. The fourth-order valence-electron chi connectivity index (χ4n) is 1.81. The molecule has 0 saturated carbocycles. The summed E-state index contributed by atoms with van der Waals surface area (Å²) in [5.74, 6) is -0.306. The highest BCUT2D eigenvalue weighted by atomic mass is 32.2. The van der Waals surface area contributed by atoms with E-state index in [1.165, 1.54) is 19.1 Å². The Kier molecular flexibility index (Phi) is 5.22. The van der Waals surface area contributed by atoms with Crippen LogP contribution in [0.4, 0.5) is 5.69 Å². The van der Waals surface area contributed by atoms with Crippen LogP contribution in [0, 0.1) is 13.8 Å². The van der Waals surface area contributed by atoms with Crippen LogP contribution in [0.5, 0.6) is 0 Å². The van der Waals surface area contributed by atoms with Crippen molar-refractivity contribution in [1.29, 1.82) is 0 Å². The van der Waals surface area contributed by atoms with Gasteiger partial charge < -0.3 is 9.46 Å². The maximum Gasteiger partial charge on any atom is 0.309 e. The van der Waals surface area contributed by atoms with Gasteiger partial charge in [-0.15, -0.1) is 0 Å². The molecule has 0 aliphatic carbocycles. The first kappa shape index (κ1) is 14.6. The molecule has 0 bridgehead atoms. The molecular weight excluding hydrogens is 250 g/mol. The average molecular weight is 267 g/mol. The molecule has 0 aromatic heterocycles. The van der Waals surface area contributed by atoms with E-state index in [-0.39, 0.29) is 12.4 Å². The Hall–Kier alpha value is -1.49. The van der Waals surface area contributed by atoms with Crippen LogP contribution in [0.25, 0.3) is 0 Å². The van der Waals surface area contributed by atoms with Gasteiger partial charge in [-0.25, -0.2) is 0 Å². The molecule has 1 aromatic rings. The van der Waals surface area contributed by atoms with E-state index in [2.05, 4.69) is 9.46 Å². The molecule has 0 amide bonds. The molecule has 5 heteroatoms. The first-order valence-electron chi connectivity index (χ1n) is 5.49. The molecule has 18 heavy (non-hydrogen) atoms. The highest BCUT2D eigenvalue weighted by molar-refractivity contribution is 7.99. The second kappa shape index (κ2) is 6.44. The zero-order valence-electron chi connectivity index (χ0n) is 11.0. The summed E-state index contributed by atoms with van der Waals surface area (Å²) in [5.41, 5.74) is 4.10. The van der Waals surface area contributed by atoms with Gasteiger partial charge in [0.25, 0.3) is 0 Å². The van der Waals surface area contributed by atoms with Crippen molar-refractivity contribution >= 4 is 29.9 Å². The van der Waals surface area contributed by atoms with Crippen LogP contribution in [0.1, 0.15) is 27.0 Å². The summed E-state index contributed by atoms with van der Waals surface area (Å²) in [4.78, 5) is 22.5. The third-order valence-corrected chi connectivity index (χ3v) is 3.35. The summed E-state index contributed by atoms with van der Waals surface area (Å²) in [7, 11) is 1.36. The lowest BCUT2D eigenvalue weighted by molar-refractivity contribution is -0.139. The maximum atomic E-state index is 11.4. The highest BCUT2D eigenvalue weighted by Crippen LogP contribution is 2.27. The Morgan fingerprint density at radius 2 is 2.11 bits per heavy atom. The number of hydrogen-bond donors (Lipinski definition) is 1. The second-order valence-corrected chi connectivity index (χ2v) is 4.53. The molecule has 98 valence electrons. The molecule has 0 spiro atoms. The number of hydrogen-bond acceptors (Lipinski definition) is 5. The van der Waals surface area contributed by atoms with E-state index in [0.29, 0.717) is 5.56 Å². The van der Waals surface area contributed by atoms with Crippen molar-refractivity contribution in [2.24, 2.45) is 0 Å². The van der Waals surface area contributed by atoms with Crippen LogP contribution < -0.4 is 4.72 Å². The molecule has 4 nitrogen and oxygen atoms in total. The fraction of sp³-hybridized carbons (Fsp3) is 0.385. The molecule has 0 radical (unpaired) electrons. The molecule has 1 rings (SSSR count). The maximum absolute atomic E-state index is 11.4. The Bertz CT molecular complexity index is 472. The lowest BCUT2D eigenvalue weighted by Gasteiger charge is -2.16. The van der Waals surface area contributed by atoms with E-state index in [9.17, 15) is 9.59 Å². The van der Waals surface area contributed by atoms with Crippen molar-refractivity contribution in [1.82, 2.24) is 0 Å². The molecule has 1 aromatic carbocycles. The lowest BCUT2D eigenvalue weighted by Crippen LogP contribution is -2.10. The molecule has 0 fully saturated rings. The minimum absolute atomic E-state index is 0.179. The van der Waals surface area contributed by atoms with Crippen molar-refractivity contribution in [2.45, 2.75) is 20.3 Å². The second-order valence-electron chi connectivity index (χ2n) is 3.92. The van der Waals surface area contributed by atoms with Crippen LogP contribution in [-0.4, -0.2) is 25.6 Å².